The first kappa shape index (κ1) is 24.7. The van der Waals surface area contributed by atoms with Crippen molar-refractivity contribution in [2.24, 2.45) is 0 Å². The third-order valence-electron chi connectivity index (χ3n) is 5.80. The van der Waals surface area contributed by atoms with Gasteiger partial charge in [-0.25, -0.2) is 0 Å². The average molecular weight is 460 g/mol. The Bertz CT molecular complexity index is 1170. The summed E-state index contributed by atoms with van der Waals surface area (Å²) < 4.78 is 10.4. The maximum Gasteiger partial charge on any atom is 0.224 e. The van der Waals surface area contributed by atoms with Crippen LogP contribution in [0.3, 0.4) is 0 Å². The number of benzene rings is 3. The molecule has 0 spiro atoms. The van der Waals surface area contributed by atoms with Gasteiger partial charge in [-0.2, -0.15) is 0 Å². The van der Waals surface area contributed by atoms with E-state index in [0.717, 1.165) is 11.1 Å². The number of carbonyl (C=O) groups excluding carboxylic acids is 3. The molecule has 1 amide bonds. The van der Waals surface area contributed by atoms with Crippen LogP contribution in [-0.4, -0.2) is 31.7 Å². The lowest BCUT2D eigenvalue weighted by molar-refractivity contribution is -0.123. The number of aryl methyl sites for hydroxylation is 2. The third-order valence-corrected chi connectivity index (χ3v) is 5.80. The van der Waals surface area contributed by atoms with Crippen LogP contribution in [-0.2, 0) is 9.59 Å². The molecule has 3 rings (SSSR count). The van der Waals surface area contributed by atoms with Gasteiger partial charge in [-0.05, 0) is 79.1 Å². The lowest BCUT2D eigenvalue weighted by Gasteiger charge is -2.16. The molecule has 0 bridgehead atoms. The minimum atomic E-state index is -1.02. The third kappa shape index (κ3) is 6.10. The van der Waals surface area contributed by atoms with Crippen molar-refractivity contribution >= 4 is 23.2 Å². The second-order valence-corrected chi connectivity index (χ2v) is 8.11. The van der Waals surface area contributed by atoms with Gasteiger partial charge in [0.25, 0.3) is 0 Å². The molecule has 0 aliphatic heterocycles. The number of carbonyl (C=O) groups is 3. The molecule has 1 atom stereocenters. The Labute approximate surface area is 199 Å². The SMILES string of the molecule is COc1ccc(C(=O)[C@@H](C(=O)CCC(=O)Nc2ccc(C)c(C)c2)c2ccc(OC)cc2)cc1. The van der Waals surface area contributed by atoms with Crippen LogP contribution >= 0.6 is 0 Å². The molecule has 0 saturated carbocycles. The summed E-state index contributed by atoms with van der Waals surface area (Å²) in [6.45, 7) is 3.97. The summed E-state index contributed by atoms with van der Waals surface area (Å²) in [7, 11) is 3.10. The summed E-state index contributed by atoms with van der Waals surface area (Å²) in [6, 6.07) is 19.1. The first-order chi connectivity index (χ1) is 16.3. The largest absolute Gasteiger partial charge is 0.497 e. The summed E-state index contributed by atoms with van der Waals surface area (Å²) in [5.74, 6) is -0.698. The van der Waals surface area contributed by atoms with Crippen molar-refractivity contribution < 1.29 is 23.9 Å². The quantitative estimate of drug-likeness (QED) is 0.330. The molecule has 0 unspecified atom stereocenters. The second kappa shape index (κ2) is 11.3. The van der Waals surface area contributed by atoms with Gasteiger partial charge in [0.05, 0.1) is 14.2 Å². The normalized spacial score (nSPS) is 11.4. The Morgan fingerprint density at radius 2 is 1.35 bits per heavy atom. The average Bonchev–Trinajstić information content (AvgIpc) is 2.85. The smallest absolute Gasteiger partial charge is 0.224 e. The van der Waals surface area contributed by atoms with Crippen LogP contribution in [0, 0.1) is 13.8 Å². The summed E-state index contributed by atoms with van der Waals surface area (Å²) >= 11 is 0. The van der Waals surface area contributed by atoms with Crippen molar-refractivity contribution in [3.8, 4) is 11.5 Å². The molecule has 0 aliphatic rings. The number of amides is 1. The Hall–Kier alpha value is -3.93. The Morgan fingerprint density at radius 1 is 0.765 bits per heavy atom. The van der Waals surface area contributed by atoms with Crippen molar-refractivity contribution in [3.63, 3.8) is 0 Å². The first-order valence-electron chi connectivity index (χ1n) is 11.0. The van der Waals surface area contributed by atoms with E-state index in [4.69, 9.17) is 9.47 Å². The molecule has 176 valence electrons. The van der Waals surface area contributed by atoms with Crippen LogP contribution in [0.4, 0.5) is 5.69 Å². The molecule has 0 aliphatic carbocycles. The molecule has 1 N–H and O–H groups in total. The van der Waals surface area contributed by atoms with Crippen molar-refractivity contribution in [2.45, 2.75) is 32.6 Å². The maximum absolute atomic E-state index is 13.4. The Morgan fingerprint density at radius 3 is 1.91 bits per heavy atom. The van der Waals surface area contributed by atoms with Crippen LogP contribution in [0.25, 0.3) is 0 Å². The molecular weight excluding hydrogens is 430 g/mol. The predicted octanol–water partition coefficient (Wildman–Crippen LogP) is 5.28. The number of hydrogen-bond donors (Lipinski definition) is 1. The van der Waals surface area contributed by atoms with E-state index in [2.05, 4.69) is 5.32 Å². The highest BCUT2D eigenvalue weighted by atomic mass is 16.5. The van der Waals surface area contributed by atoms with E-state index in [0.29, 0.717) is 28.3 Å². The van der Waals surface area contributed by atoms with E-state index in [1.165, 1.54) is 0 Å². The maximum atomic E-state index is 13.4. The van der Waals surface area contributed by atoms with Gasteiger partial charge in [0.2, 0.25) is 5.91 Å². The zero-order valence-electron chi connectivity index (χ0n) is 19.9. The van der Waals surface area contributed by atoms with Gasteiger partial charge in [0.15, 0.2) is 5.78 Å². The van der Waals surface area contributed by atoms with Crippen molar-refractivity contribution in [1.29, 1.82) is 0 Å². The number of anilines is 1. The molecule has 3 aromatic rings. The van der Waals surface area contributed by atoms with E-state index in [9.17, 15) is 14.4 Å². The summed E-state index contributed by atoms with van der Waals surface area (Å²) in [6.07, 6.45) is -0.0798. The minimum absolute atomic E-state index is 0.0195. The molecular formula is C28H29NO5. The van der Waals surface area contributed by atoms with E-state index in [1.807, 2.05) is 32.0 Å². The van der Waals surface area contributed by atoms with Crippen molar-refractivity contribution in [3.05, 3.63) is 89.0 Å². The van der Waals surface area contributed by atoms with Crippen molar-refractivity contribution in [2.75, 3.05) is 19.5 Å². The molecule has 0 radical (unpaired) electrons. The van der Waals surface area contributed by atoms with Crippen LogP contribution in [0.2, 0.25) is 0 Å². The van der Waals surface area contributed by atoms with Gasteiger partial charge < -0.3 is 14.8 Å². The zero-order valence-corrected chi connectivity index (χ0v) is 19.9. The zero-order chi connectivity index (χ0) is 24.7. The molecule has 34 heavy (non-hydrogen) atoms. The van der Waals surface area contributed by atoms with Crippen LogP contribution in [0.5, 0.6) is 11.5 Å². The van der Waals surface area contributed by atoms with E-state index >= 15 is 0 Å². The van der Waals surface area contributed by atoms with E-state index < -0.39 is 5.92 Å². The topological polar surface area (TPSA) is 81.7 Å². The molecule has 0 saturated heterocycles. The summed E-state index contributed by atoms with van der Waals surface area (Å²) in [5.41, 5.74) is 3.84. The highest BCUT2D eigenvalue weighted by Gasteiger charge is 2.29. The number of Topliss-reactive ketones (excluding diaryl/α,β-unsaturated/α-hetero) is 2. The number of nitrogens with one attached hydrogen (secondary N) is 1. The van der Waals surface area contributed by atoms with E-state index in [1.54, 1.807) is 62.8 Å². The standard InChI is InChI=1S/C28H29NO5/c1-18-5-10-22(17-19(18)2)29-26(31)16-15-25(30)27(20-6-11-23(33-3)12-7-20)28(32)21-8-13-24(34-4)14-9-21/h5-14,17,27H,15-16H2,1-4H3,(H,29,31)/t27-/m1/s1. The van der Waals surface area contributed by atoms with Gasteiger partial charge in [0, 0.05) is 24.1 Å². The van der Waals surface area contributed by atoms with Gasteiger partial charge in [-0.3, -0.25) is 14.4 Å². The molecule has 3 aromatic carbocycles. The number of rotatable bonds is 10. The Kier molecular flexibility index (Phi) is 8.19. The fraction of sp³-hybridized carbons (Fsp3) is 0.250. The highest BCUT2D eigenvalue weighted by Crippen LogP contribution is 2.27. The molecule has 0 aromatic heterocycles. The van der Waals surface area contributed by atoms with Crippen LogP contribution < -0.4 is 14.8 Å². The lowest BCUT2D eigenvalue weighted by atomic mass is 9.85. The van der Waals surface area contributed by atoms with Crippen LogP contribution in [0.15, 0.2) is 66.7 Å². The van der Waals surface area contributed by atoms with Gasteiger partial charge in [-0.15, -0.1) is 0 Å². The van der Waals surface area contributed by atoms with Gasteiger partial charge in [0.1, 0.15) is 23.2 Å². The minimum Gasteiger partial charge on any atom is -0.497 e. The first-order valence-corrected chi connectivity index (χ1v) is 11.0. The number of ketones is 2. The molecule has 0 heterocycles. The van der Waals surface area contributed by atoms with E-state index in [-0.39, 0.29) is 30.3 Å². The van der Waals surface area contributed by atoms with Gasteiger partial charge in [-0.1, -0.05) is 18.2 Å². The number of hydrogen-bond acceptors (Lipinski definition) is 5. The monoisotopic (exact) mass is 459 g/mol. The van der Waals surface area contributed by atoms with Crippen LogP contribution in [0.1, 0.15) is 45.8 Å². The fourth-order valence-electron chi connectivity index (χ4n) is 3.63. The Balaban J connectivity index is 1.77. The van der Waals surface area contributed by atoms with Gasteiger partial charge >= 0.3 is 0 Å². The number of methoxy groups -OCH3 is 2. The highest BCUT2D eigenvalue weighted by molar-refractivity contribution is 6.15. The molecule has 6 nitrogen and oxygen atoms in total. The fourth-order valence-corrected chi connectivity index (χ4v) is 3.63. The predicted molar refractivity (Wildman–Crippen MR) is 132 cm³/mol. The molecule has 6 heteroatoms. The number of ether oxygens (including phenoxy) is 2. The molecule has 0 fully saturated rings. The second-order valence-electron chi connectivity index (χ2n) is 8.11. The van der Waals surface area contributed by atoms with Crippen molar-refractivity contribution in [1.82, 2.24) is 0 Å². The summed E-state index contributed by atoms with van der Waals surface area (Å²) in [5, 5.41) is 2.83. The lowest BCUT2D eigenvalue weighted by Crippen LogP contribution is -2.24. The summed E-state index contributed by atoms with van der Waals surface area (Å²) in [4.78, 5) is 39.1.